The molecule has 1 aromatic rings. The number of carboxylic acid groups (broad SMARTS) is 1. The molecule has 0 spiro atoms. The van der Waals surface area contributed by atoms with E-state index in [1.165, 1.54) is 25.4 Å². The first-order valence-corrected chi connectivity index (χ1v) is 4.65. The third-order valence-electron chi connectivity index (χ3n) is 1.70. The molecule has 6 heteroatoms. The van der Waals surface area contributed by atoms with E-state index in [0.717, 1.165) is 0 Å². The standard InChI is InChI=1S/C10H12N2O4/c1-7(13)12-2-3-16-9-4-8(10(14)15)5-11-6-9/h4-6H,2-3H2,1H3,(H,12,13)(H,14,15). The summed E-state index contributed by atoms with van der Waals surface area (Å²) in [5, 5.41) is 11.3. The summed E-state index contributed by atoms with van der Waals surface area (Å²) in [5.74, 6) is -0.828. The number of amides is 1. The molecule has 6 nitrogen and oxygen atoms in total. The minimum atomic E-state index is -1.06. The average Bonchev–Trinajstić information content (AvgIpc) is 2.24. The molecule has 0 radical (unpaired) electrons. The average molecular weight is 224 g/mol. The minimum Gasteiger partial charge on any atom is -0.490 e. The highest BCUT2D eigenvalue weighted by atomic mass is 16.5. The molecule has 0 bridgehead atoms. The predicted octanol–water partition coefficient (Wildman–Crippen LogP) is 0.295. The molecule has 1 rings (SSSR count). The Labute approximate surface area is 92.3 Å². The zero-order chi connectivity index (χ0) is 12.0. The van der Waals surface area contributed by atoms with Crippen molar-refractivity contribution in [3.8, 4) is 5.75 Å². The van der Waals surface area contributed by atoms with E-state index in [9.17, 15) is 9.59 Å². The van der Waals surface area contributed by atoms with Crippen molar-refractivity contribution in [1.29, 1.82) is 0 Å². The molecule has 0 saturated heterocycles. The van der Waals surface area contributed by atoms with E-state index in [4.69, 9.17) is 9.84 Å². The number of nitrogens with one attached hydrogen (secondary N) is 1. The topological polar surface area (TPSA) is 88.5 Å². The maximum Gasteiger partial charge on any atom is 0.337 e. The normalized spacial score (nSPS) is 9.56. The summed E-state index contributed by atoms with van der Waals surface area (Å²) < 4.78 is 5.21. The van der Waals surface area contributed by atoms with Crippen molar-refractivity contribution < 1.29 is 19.4 Å². The quantitative estimate of drug-likeness (QED) is 0.702. The predicted molar refractivity (Wildman–Crippen MR) is 55.4 cm³/mol. The molecule has 0 saturated carbocycles. The Hall–Kier alpha value is -2.11. The van der Waals surface area contributed by atoms with Crippen molar-refractivity contribution in [2.45, 2.75) is 6.92 Å². The van der Waals surface area contributed by atoms with Gasteiger partial charge in [0.2, 0.25) is 5.91 Å². The van der Waals surface area contributed by atoms with Gasteiger partial charge in [-0.15, -0.1) is 0 Å². The van der Waals surface area contributed by atoms with Crippen LogP contribution in [0.4, 0.5) is 0 Å². The van der Waals surface area contributed by atoms with E-state index in [2.05, 4.69) is 10.3 Å². The fraction of sp³-hybridized carbons (Fsp3) is 0.300. The van der Waals surface area contributed by atoms with Crippen LogP contribution < -0.4 is 10.1 Å². The van der Waals surface area contributed by atoms with Gasteiger partial charge in [-0.25, -0.2) is 4.79 Å². The molecule has 0 unspecified atom stereocenters. The fourth-order valence-electron chi connectivity index (χ4n) is 1.01. The zero-order valence-electron chi connectivity index (χ0n) is 8.77. The third kappa shape index (κ3) is 3.95. The maximum absolute atomic E-state index is 10.6. The first-order chi connectivity index (χ1) is 7.59. The lowest BCUT2D eigenvalue weighted by Gasteiger charge is -2.06. The van der Waals surface area contributed by atoms with Crippen molar-refractivity contribution in [2.75, 3.05) is 13.2 Å². The number of carbonyl (C=O) groups excluding carboxylic acids is 1. The van der Waals surface area contributed by atoms with Gasteiger partial charge >= 0.3 is 5.97 Å². The number of carbonyl (C=O) groups is 2. The number of hydrogen-bond donors (Lipinski definition) is 2. The summed E-state index contributed by atoms with van der Waals surface area (Å²) in [6.07, 6.45) is 2.66. The minimum absolute atomic E-state index is 0.0667. The number of aromatic nitrogens is 1. The van der Waals surface area contributed by atoms with Crippen LogP contribution in [0.15, 0.2) is 18.5 Å². The van der Waals surface area contributed by atoms with Crippen molar-refractivity contribution in [3.05, 3.63) is 24.0 Å². The zero-order valence-corrected chi connectivity index (χ0v) is 8.77. The van der Waals surface area contributed by atoms with E-state index in [0.29, 0.717) is 12.3 Å². The SMILES string of the molecule is CC(=O)NCCOc1cncc(C(=O)O)c1. The molecular formula is C10H12N2O4. The summed E-state index contributed by atoms with van der Waals surface area (Å²) in [4.78, 5) is 24.9. The van der Waals surface area contributed by atoms with Crippen molar-refractivity contribution in [2.24, 2.45) is 0 Å². The Kier molecular flexibility index (Phi) is 4.26. The molecule has 0 aromatic carbocycles. The highest BCUT2D eigenvalue weighted by Crippen LogP contribution is 2.10. The monoisotopic (exact) mass is 224 g/mol. The lowest BCUT2D eigenvalue weighted by molar-refractivity contribution is -0.119. The smallest absolute Gasteiger partial charge is 0.337 e. The van der Waals surface area contributed by atoms with Gasteiger partial charge in [-0.2, -0.15) is 0 Å². The van der Waals surface area contributed by atoms with E-state index in [-0.39, 0.29) is 18.1 Å². The van der Waals surface area contributed by atoms with Crippen LogP contribution in [0.3, 0.4) is 0 Å². The second kappa shape index (κ2) is 5.69. The number of hydrogen-bond acceptors (Lipinski definition) is 4. The number of aromatic carboxylic acids is 1. The van der Waals surface area contributed by atoms with E-state index >= 15 is 0 Å². The molecule has 0 fully saturated rings. The van der Waals surface area contributed by atoms with Crippen LogP contribution in [0, 0.1) is 0 Å². The van der Waals surface area contributed by atoms with Crippen molar-refractivity contribution in [1.82, 2.24) is 10.3 Å². The van der Waals surface area contributed by atoms with Gasteiger partial charge in [-0.3, -0.25) is 9.78 Å². The second-order valence-electron chi connectivity index (χ2n) is 3.05. The molecule has 0 aliphatic heterocycles. The van der Waals surface area contributed by atoms with Gasteiger partial charge in [-0.1, -0.05) is 0 Å². The highest BCUT2D eigenvalue weighted by molar-refractivity contribution is 5.87. The van der Waals surface area contributed by atoms with Crippen molar-refractivity contribution >= 4 is 11.9 Å². The molecule has 0 aliphatic carbocycles. The van der Waals surface area contributed by atoms with Gasteiger partial charge in [0.1, 0.15) is 12.4 Å². The first kappa shape index (κ1) is 12.0. The molecule has 0 atom stereocenters. The second-order valence-corrected chi connectivity index (χ2v) is 3.05. The van der Waals surface area contributed by atoms with Gasteiger partial charge in [0.05, 0.1) is 18.3 Å². The highest BCUT2D eigenvalue weighted by Gasteiger charge is 2.04. The van der Waals surface area contributed by atoms with Crippen LogP contribution >= 0.6 is 0 Å². The number of rotatable bonds is 5. The maximum atomic E-state index is 10.6. The summed E-state index contributed by atoms with van der Waals surface area (Å²) in [6, 6.07) is 1.38. The first-order valence-electron chi connectivity index (χ1n) is 4.65. The van der Waals surface area contributed by atoms with E-state index < -0.39 is 5.97 Å². The summed E-state index contributed by atoms with van der Waals surface area (Å²) in [6.45, 7) is 2.05. The molecular weight excluding hydrogens is 212 g/mol. The fourth-order valence-corrected chi connectivity index (χ4v) is 1.01. The van der Waals surface area contributed by atoms with Crippen LogP contribution in [0.25, 0.3) is 0 Å². The summed E-state index contributed by atoms with van der Waals surface area (Å²) in [5.41, 5.74) is 0.0667. The van der Waals surface area contributed by atoms with Gasteiger partial charge in [0.25, 0.3) is 0 Å². The molecule has 1 aromatic heterocycles. The summed E-state index contributed by atoms with van der Waals surface area (Å²) >= 11 is 0. The van der Waals surface area contributed by atoms with Crippen LogP contribution in [0.5, 0.6) is 5.75 Å². The number of nitrogens with zero attached hydrogens (tertiary/aromatic N) is 1. The lowest BCUT2D eigenvalue weighted by Crippen LogP contribution is -2.25. The van der Waals surface area contributed by atoms with Crippen molar-refractivity contribution in [3.63, 3.8) is 0 Å². The Morgan fingerprint density at radius 2 is 2.25 bits per heavy atom. The van der Waals surface area contributed by atoms with Gasteiger partial charge < -0.3 is 15.2 Å². The number of pyridine rings is 1. The molecule has 2 N–H and O–H groups in total. The van der Waals surface area contributed by atoms with Gasteiger partial charge in [0.15, 0.2) is 0 Å². The largest absolute Gasteiger partial charge is 0.490 e. The summed E-state index contributed by atoms with van der Waals surface area (Å²) in [7, 11) is 0. The van der Waals surface area contributed by atoms with E-state index in [1.54, 1.807) is 0 Å². The Morgan fingerprint density at radius 3 is 2.88 bits per heavy atom. The third-order valence-corrected chi connectivity index (χ3v) is 1.70. The van der Waals surface area contributed by atoms with E-state index in [1.807, 2.05) is 0 Å². The molecule has 16 heavy (non-hydrogen) atoms. The Bertz CT molecular complexity index is 392. The number of carboxylic acids is 1. The Morgan fingerprint density at radius 1 is 1.50 bits per heavy atom. The molecule has 0 aliphatic rings. The van der Waals surface area contributed by atoms with Crippen LogP contribution in [-0.2, 0) is 4.79 Å². The van der Waals surface area contributed by atoms with Crippen LogP contribution in [-0.4, -0.2) is 35.1 Å². The van der Waals surface area contributed by atoms with Crippen LogP contribution in [0.1, 0.15) is 17.3 Å². The molecule has 86 valence electrons. The van der Waals surface area contributed by atoms with Gasteiger partial charge in [0, 0.05) is 13.1 Å². The number of ether oxygens (including phenoxy) is 1. The lowest BCUT2D eigenvalue weighted by atomic mass is 10.3. The van der Waals surface area contributed by atoms with Gasteiger partial charge in [-0.05, 0) is 6.07 Å². The molecule has 1 heterocycles. The Balaban J connectivity index is 2.45. The van der Waals surface area contributed by atoms with Crippen LogP contribution in [0.2, 0.25) is 0 Å². The molecule has 1 amide bonds.